The Morgan fingerprint density at radius 2 is 2.14 bits per heavy atom. The van der Waals surface area contributed by atoms with Gasteiger partial charge in [0, 0.05) is 12.1 Å². The molecule has 1 saturated carbocycles. The van der Waals surface area contributed by atoms with Crippen molar-refractivity contribution in [3.05, 3.63) is 28.3 Å². The highest BCUT2D eigenvalue weighted by Crippen LogP contribution is 2.38. The van der Waals surface area contributed by atoms with E-state index in [1.807, 2.05) is 6.92 Å². The first-order valence-electron chi connectivity index (χ1n) is 6.71. The Hall–Kier alpha value is -2.64. The molecule has 1 aromatic rings. The fourth-order valence-electron chi connectivity index (χ4n) is 1.99. The molecule has 118 valence electrons. The standard InChI is InChI=1S/C14H16N2O6/c1-8-5-10(8)14(18)22-7-13(17)15-11-6-9(16(19)20)3-4-12(11)21-2/h3-4,6,8,10H,5,7H2,1-2H3,(H,15,17)/t8-,10-/m0/s1. The Labute approximate surface area is 126 Å². The van der Waals surface area contributed by atoms with Crippen molar-refractivity contribution in [1.82, 2.24) is 0 Å². The summed E-state index contributed by atoms with van der Waals surface area (Å²) in [5.41, 5.74) is -0.0301. The minimum absolute atomic E-state index is 0.125. The van der Waals surface area contributed by atoms with E-state index in [9.17, 15) is 19.7 Å². The third-order valence-electron chi connectivity index (χ3n) is 3.43. The van der Waals surface area contributed by atoms with Crippen molar-refractivity contribution in [2.24, 2.45) is 11.8 Å². The lowest BCUT2D eigenvalue weighted by Crippen LogP contribution is -2.22. The summed E-state index contributed by atoms with van der Waals surface area (Å²) in [6, 6.07) is 3.83. The van der Waals surface area contributed by atoms with Gasteiger partial charge >= 0.3 is 5.97 Å². The van der Waals surface area contributed by atoms with E-state index in [1.54, 1.807) is 0 Å². The average molecular weight is 308 g/mol. The van der Waals surface area contributed by atoms with Gasteiger partial charge in [-0.3, -0.25) is 19.7 Å². The summed E-state index contributed by atoms with van der Waals surface area (Å²) in [6.45, 7) is 1.49. The summed E-state index contributed by atoms with van der Waals surface area (Å²) in [7, 11) is 1.38. The van der Waals surface area contributed by atoms with Crippen LogP contribution in [-0.2, 0) is 14.3 Å². The molecule has 0 radical (unpaired) electrons. The van der Waals surface area contributed by atoms with Crippen LogP contribution in [0.25, 0.3) is 0 Å². The number of nitro groups is 1. The molecule has 8 heteroatoms. The second kappa shape index (κ2) is 6.42. The van der Waals surface area contributed by atoms with E-state index in [4.69, 9.17) is 9.47 Å². The highest BCUT2D eigenvalue weighted by atomic mass is 16.6. The van der Waals surface area contributed by atoms with Gasteiger partial charge in [0.1, 0.15) is 5.75 Å². The van der Waals surface area contributed by atoms with Crippen LogP contribution in [0, 0.1) is 22.0 Å². The number of amides is 1. The van der Waals surface area contributed by atoms with Crippen LogP contribution in [0.15, 0.2) is 18.2 Å². The van der Waals surface area contributed by atoms with Crippen LogP contribution in [0.3, 0.4) is 0 Å². The molecule has 0 aromatic heterocycles. The van der Waals surface area contributed by atoms with Crippen LogP contribution in [0.5, 0.6) is 5.75 Å². The van der Waals surface area contributed by atoms with Crippen LogP contribution >= 0.6 is 0 Å². The molecule has 0 saturated heterocycles. The molecular weight excluding hydrogens is 292 g/mol. The van der Waals surface area contributed by atoms with Crippen LogP contribution in [0.2, 0.25) is 0 Å². The normalized spacial score (nSPS) is 19.2. The highest BCUT2D eigenvalue weighted by molar-refractivity contribution is 5.94. The van der Waals surface area contributed by atoms with Gasteiger partial charge in [0.05, 0.1) is 23.6 Å². The second-order valence-electron chi connectivity index (χ2n) is 5.12. The molecule has 0 spiro atoms. The smallest absolute Gasteiger partial charge is 0.309 e. The Bertz CT molecular complexity index is 615. The first kappa shape index (κ1) is 15.7. The zero-order chi connectivity index (χ0) is 16.3. The summed E-state index contributed by atoms with van der Waals surface area (Å²) in [5.74, 6) is -0.525. The van der Waals surface area contributed by atoms with Gasteiger partial charge in [-0.25, -0.2) is 0 Å². The predicted molar refractivity (Wildman–Crippen MR) is 76.5 cm³/mol. The Kier molecular flexibility index (Phi) is 4.59. The number of nitrogens with zero attached hydrogens (tertiary/aromatic N) is 1. The molecule has 1 amide bonds. The lowest BCUT2D eigenvalue weighted by atomic mass is 10.2. The van der Waals surface area contributed by atoms with Gasteiger partial charge in [0.15, 0.2) is 6.61 Å². The maximum absolute atomic E-state index is 11.8. The monoisotopic (exact) mass is 308 g/mol. The lowest BCUT2D eigenvalue weighted by molar-refractivity contribution is -0.384. The van der Waals surface area contributed by atoms with E-state index >= 15 is 0 Å². The fraction of sp³-hybridized carbons (Fsp3) is 0.429. The van der Waals surface area contributed by atoms with Gasteiger partial charge in [-0.2, -0.15) is 0 Å². The third-order valence-corrected chi connectivity index (χ3v) is 3.43. The number of nitro benzene ring substituents is 1. The first-order valence-corrected chi connectivity index (χ1v) is 6.71. The topological polar surface area (TPSA) is 108 Å². The summed E-state index contributed by atoms with van der Waals surface area (Å²) in [6.07, 6.45) is 0.777. The van der Waals surface area contributed by atoms with E-state index in [-0.39, 0.29) is 23.0 Å². The molecule has 2 atom stereocenters. The van der Waals surface area contributed by atoms with Gasteiger partial charge in [-0.15, -0.1) is 0 Å². The number of carbonyl (C=O) groups is 2. The summed E-state index contributed by atoms with van der Waals surface area (Å²) >= 11 is 0. The van der Waals surface area contributed by atoms with Crippen molar-refractivity contribution in [2.45, 2.75) is 13.3 Å². The van der Waals surface area contributed by atoms with Crippen LogP contribution < -0.4 is 10.1 Å². The number of anilines is 1. The molecule has 22 heavy (non-hydrogen) atoms. The maximum atomic E-state index is 11.8. The number of methoxy groups -OCH3 is 1. The Balaban J connectivity index is 1.96. The number of hydrogen-bond acceptors (Lipinski definition) is 6. The zero-order valence-corrected chi connectivity index (χ0v) is 12.2. The van der Waals surface area contributed by atoms with Gasteiger partial charge < -0.3 is 14.8 Å². The average Bonchev–Trinajstić information content (AvgIpc) is 3.21. The van der Waals surface area contributed by atoms with Gasteiger partial charge in [-0.1, -0.05) is 6.92 Å². The second-order valence-corrected chi connectivity index (χ2v) is 5.12. The number of hydrogen-bond donors (Lipinski definition) is 1. The van der Waals surface area contributed by atoms with Crippen molar-refractivity contribution < 1.29 is 24.0 Å². The number of non-ortho nitro benzene ring substituents is 1. The van der Waals surface area contributed by atoms with Crippen LogP contribution in [0.4, 0.5) is 11.4 Å². The van der Waals surface area contributed by atoms with Crippen LogP contribution in [0.1, 0.15) is 13.3 Å². The lowest BCUT2D eigenvalue weighted by Gasteiger charge is -2.10. The SMILES string of the molecule is COc1ccc([N+](=O)[O-])cc1NC(=O)COC(=O)[C@H]1C[C@@H]1C. The fourth-order valence-corrected chi connectivity index (χ4v) is 1.99. The number of carbonyl (C=O) groups excluding carboxylic acids is 2. The summed E-state index contributed by atoms with van der Waals surface area (Å²) in [5, 5.41) is 13.2. The highest BCUT2D eigenvalue weighted by Gasteiger charge is 2.40. The minimum Gasteiger partial charge on any atom is -0.495 e. The van der Waals surface area contributed by atoms with Gasteiger partial charge in [0.2, 0.25) is 0 Å². The Morgan fingerprint density at radius 3 is 2.68 bits per heavy atom. The molecule has 0 unspecified atom stereocenters. The number of esters is 1. The molecule has 1 aliphatic rings. The number of nitrogens with one attached hydrogen (secondary N) is 1. The molecular formula is C14H16N2O6. The van der Waals surface area contributed by atoms with E-state index in [2.05, 4.69) is 5.32 Å². The molecule has 0 bridgehead atoms. The number of ether oxygens (including phenoxy) is 2. The van der Waals surface area contributed by atoms with Gasteiger partial charge in [-0.05, 0) is 18.4 Å². The molecule has 0 heterocycles. The van der Waals surface area contributed by atoms with Crippen molar-refractivity contribution in [1.29, 1.82) is 0 Å². The summed E-state index contributed by atoms with van der Waals surface area (Å²) < 4.78 is 9.92. The molecule has 1 fully saturated rings. The molecule has 2 rings (SSSR count). The van der Waals surface area contributed by atoms with Gasteiger partial charge in [0.25, 0.3) is 11.6 Å². The van der Waals surface area contributed by atoms with E-state index in [0.717, 1.165) is 6.42 Å². The van der Waals surface area contributed by atoms with Crippen molar-refractivity contribution >= 4 is 23.3 Å². The number of benzene rings is 1. The largest absolute Gasteiger partial charge is 0.495 e. The van der Waals surface area contributed by atoms with E-state index < -0.39 is 23.4 Å². The first-order chi connectivity index (χ1) is 10.4. The molecule has 0 aliphatic heterocycles. The predicted octanol–water partition coefficient (Wildman–Crippen LogP) is 1.74. The van der Waals surface area contributed by atoms with Crippen molar-refractivity contribution in [3.8, 4) is 5.75 Å². The van der Waals surface area contributed by atoms with E-state index in [1.165, 1.54) is 25.3 Å². The molecule has 8 nitrogen and oxygen atoms in total. The van der Waals surface area contributed by atoms with Crippen molar-refractivity contribution in [3.63, 3.8) is 0 Å². The maximum Gasteiger partial charge on any atom is 0.309 e. The van der Waals surface area contributed by atoms with Crippen LogP contribution in [-0.4, -0.2) is 30.5 Å². The third kappa shape index (κ3) is 3.72. The quantitative estimate of drug-likeness (QED) is 0.487. The van der Waals surface area contributed by atoms with E-state index in [0.29, 0.717) is 5.92 Å². The Morgan fingerprint density at radius 1 is 1.45 bits per heavy atom. The zero-order valence-electron chi connectivity index (χ0n) is 12.2. The summed E-state index contributed by atoms with van der Waals surface area (Å²) in [4.78, 5) is 33.5. The minimum atomic E-state index is -0.583. The van der Waals surface area contributed by atoms with Crippen molar-refractivity contribution in [2.75, 3.05) is 19.0 Å². The molecule has 1 N–H and O–H groups in total. The number of rotatable bonds is 6. The molecule has 1 aliphatic carbocycles. The molecule has 1 aromatic carbocycles.